The predicted molar refractivity (Wildman–Crippen MR) is 434 cm³/mol. The fraction of sp³-hybridized carbons (Fsp3) is 0.0612. The fourth-order valence-electron chi connectivity index (χ4n) is 18.3. The Labute approximate surface area is 600 Å². The third-order valence-electron chi connectivity index (χ3n) is 23.4. The predicted octanol–water partition coefficient (Wildman–Crippen LogP) is 25.3. The van der Waals surface area contributed by atoms with Crippen LogP contribution in [0.25, 0.3) is 188 Å². The lowest BCUT2D eigenvalue weighted by Gasteiger charge is -2.22. The molecule has 5 aromatic heterocycles. The van der Waals surface area contributed by atoms with E-state index < -0.39 is 0 Å². The molecule has 488 valence electrons. The SMILES string of the molecule is CC1(C)c2ccccc2-c2ccc(-n3c4ccccc4c4cc(-c5ccc6c(c5)c5ccccc5n6-c5ccc6ccc(-c7nc(-c8ccccc8)cc(-n8c9ccccc9c9cc(-c%10ccc%11c(c%10)c%10ccccc%10n%11-c%10ccc%11c(c%10)C(C)(C)c%10ccccc%10-%11)ccc98)n7)cc6c5)ccc43)cc21. The van der Waals surface area contributed by atoms with Gasteiger partial charge >= 0.3 is 0 Å². The molecule has 0 N–H and O–H groups in total. The molecule has 2 aliphatic rings. The maximum Gasteiger partial charge on any atom is 0.162 e. The van der Waals surface area contributed by atoms with Gasteiger partial charge in [-0.15, -0.1) is 0 Å². The first kappa shape index (κ1) is 58.6. The third-order valence-corrected chi connectivity index (χ3v) is 23.4. The molecule has 0 spiro atoms. The number of nitrogens with zero attached hydrogens (tertiary/aromatic N) is 6. The van der Waals surface area contributed by atoms with Crippen molar-refractivity contribution in [2.75, 3.05) is 0 Å². The molecule has 0 bridgehead atoms. The Hall–Kier alpha value is -13.2. The van der Waals surface area contributed by atoms with Crippen LogP contribution in [0.4, 0.5) is 0 Å². The van der Waals surface area contributed by atoms with Gasteiger partial charge in [0.05, 0.1) is 49.8 Å². The highest BCUT2D eigenvalue weighted by molar-refractivity contribution is 6.15. The van der Waals surface area contributed by atoms with E-state index in [9.17, 15) is 0 Å². The Kier molecular flexibility index (Phi) is 12.2. The molecule has 0 atom stereocenters. The van der Waals surface area contributed by atoms with Crippen LogP contribution in [0.15, 0.2) is 328 Å². The summed E-state index contributed by atoms with van der Waals surface area (Å²) in [6.07, 6.45) is 0. The Balaban J connectivity index is 0.625. The zero-order valence-corrected chi connectivity index (χ0v) is 57.9. The molecule has 0 aliphatic heterocycles. The summed E-state index contributed by atoms with van der Waals surface area (Å²) in [6.45, 7) is 9.45. The number of hydrogen-bond donors (Lipinski definition) is 0. The number of fused-ring (bicyclic) bond motifs is 19. The van der Waals surface area contributed by atoms with Gasteiger partial charge in [0.25, 0.3) is 0 Å². The van der Waals surface area contributed by atoms with Gasteiger partial charge in [-0.25, -0.2) is 9.97 Å². The van der Waals surface area contributed by atoms with Gasteiger partial charge < -0.3 is 13.7 Å². The van der Waals surface area contributed by atoms with E-state index >= 15 is 0 Å². The summed E-state index contributed by atoms with van der Waals surface area (Å²) >= 11 is 0. The summed E-state index contributed by atoms with van der Waals surface area (Å²) in [5, 5.41) is 11.9. The molecular formula is C98H66N6. The van der Waals surface area contributed by atoms with Crippen molar-refractivity contribution >= 4 is 98.0 Å². The first-order chi connectivity index (χ1) is 51.1. The van der Waals surface area contributed by atoms with Gasteiger partial charge in [0.1, 0.15) is 5.82 Å². The molecule has 0 unspecified atom stereocenters. The fourth-order valence-corrected chi connectivity index (χ4v) is 18.3. The van der Waals surface area contributed by atoms with Crippen LogP contribution in [0.3, 0.4) is 0 Å². The molecule has 2 aliphatic carbocycles. The van der Waals surface area contributed by atoms with Crippen molar-refractivity contribution in [1.82, 2.24) is 28.2 Å². The first-order valence-electron chi connectivity index (χ1n) is 36.2. The molecule has 20 aromatic rings. The topological polar surface area (TPSA) is 45.5 Å². The zero-order chi connectivity index (χ0) is 68.8. The van der Waals surface area contributed by atoms with E-state index in [1.807, 2.05) is 0 Å². The van der Waals surface area contributed by atoms with Gasteiger partial charge in [0.15, 0.2) is 5.82 Å². The van der Waals surface area contributed by atoms with Crippen LogP contribution >= 0.6 is 0 Å². The molecule has 104 heavy (non-hydrogen) atoms. The van der Waals surface area contributed by atoms with Crippen molar-refractivity contribution < 1.29 is 0 Å². The summed E-state index contributed by atoms with van der Waals surface area (Å²) < 4.78 is 9.68. The standard InChI is InChI=1S/C98H66N6/c1-97(2)82-28-14-8-22-70(82)72-44-42-68(56-84(72)97)102-88-31-17-11-25-75(88)79-53-62(38-47-92(79)102)61-37-46-91-78(52-61)74-24-10-16-30-87(74)101(91)67-41-36-59-34-35-65(50-66(59)51-67)96-99-86(60-20-6-5-7-21-60)58-95(100-96)104-90-33-19-13-27-77(90)81-55-64(40-49-94(81)104)63-39-48-93-80(54-63)76-26-12-18-32-89(76)103(93)69-43-45-73-71-23-9-15-29-83(71)98(3,4)85(73)57-69/h5-58H,1-4H3. The molecule has 6 heteroatoms. The lowest BCUT2D eigenvalue weighted by atomic mass is 9.82. The minimum atomic E-state index is -0.104. The van der Waals surface area contributed by atoms with Crippen molar-refractivity contribution in [2.45, 2.75) is 38.5 Å². The molecular weight excluding hydrogens is 1260 g/mol. The normalized spacial score (nSPS) is 13.5. The number of benzene rings is 15. The second kappa shape index (κ2) is 21.7. The lowest BCUT2D eigenvalue weighted by Crippen LogP contribution is -2.15. The van der Waals surface area contributed by atoms with E-state index in [0.29, 0.717) is 5.82 Å². The summed E-state index contributed by atoms with van der Waals surface area (Å²) in [5.74, 6) is 1.46. The average molecular weight is 1330 g/mol. The summed E-state index contributed by atoms with van der Waals surface area (Å²) in [6, 6.07) is 121. The summed E-state index contributed by atoms with van der Waals surface area (Å²) in [7, 11) is 0. The monoisotopic (exact) mass is 1330 g/mol. The van der Waals surface area contributed by atoms with Crippen LogP contribution < -0.4 is 0 Å². The number of hydrogen-bond acceptors (Lipinski definition) is 2. The van der Waals surface area contributed by atoms with E-state index in [1.165, 1.54) is 127 Å². The number of rotatable bonds is 8. The molecule has 0 saturated carbocycles. The van der Waals surface area contributed by atoms with Gasteiger partial charge in [0.2, 0.25) is 0 Å². The van der Waals surface area contributed by atoms with Crippen LogP contribution in [0, 0.1) is 0 Å². The van der Waals surface area contributed by atoms with Crippen LogP contribution in [0.1, 0.15) is 49.9 Å². The van der Waals surface area contributed by atoms with Gasteiger partial charge in [-0.3, -0.25) is 4.57 Å². The number of aromatic nitrogens is 6. The Morgan fingerprint density at radius 1 is 0.221 bits per heavy atom. The lowest BCUT2D eigenvalue weighted by molar-refractivity contribution is 0.660. The van der Waals surface area contributed by atoms with Crippen molar-refractivity contribution in [3.8, 4) is 90.0 Å². The van der Waals surface area contributed by atoms with Crippen LogP contribution in [-0.4, -0.2) is 28.2 Å². The van der Waals surface area contributed by atoms with E-state index in [1.54, 1.807) is 0 Å². The summed E-state index contributed by atoms with van der Waals surface area (Å²) in [4.78, 5) is 11.0. The second-order valence-corrected chi connectivity index (χ2v) is 29.7. The highest BCUT2D eigenvalue weighted by Gasteiger charge is 2.37. The van der Waals surface area contributed by atoms with Gasteiger partial charge in [-0.1, -0.05) is 234 Å². The average Bonchev–Trinajstić information content (AvgIpc) is 1.56. The maximum absolute atomic E-state index is 5.59. The largest absolute Gasteiger partial charge is 0.309 e. The molecule has 5 heterocycles. The van der Waals surface area contributed by atoms with Crippen molar-refractivity contribution in [3.05, 3.63) is 350 Å². The summed E-state index contributed by atoms with van der Waals surface area (Å²) in [5.41, 5.74) is 30.8. The quantitative estimate of drug-likeness (QED) is 0.152. The second-order valence-electron chi connectivity index (χ2n) is 29.7. The minimum Gasteiger partial charge on any atom is -0.309 e. The van der Waals surface area contributed by atoms with E-state index in [2.05, 4.69) is 374 Å². The maximum atomic E-state index is 5.59. The van der Waals surface area contributed by atoms with Gasteiger partial charge in [-0.2, -0.15) is 0 Å². The van der Waals surface area contributed by atoms with Crippen molar-refractivity contribution in [2.24, 2.45) is 0 Å². The van der Waals surface area contributed by atoms with E-state index in [4.69, 9.17) is 9.97 Å². The molecule has 0 fully saturated rings. The molecule has 0 radical (unpaired) electrons. The molecule has 15 aromatic carbocycles. The van der Waals surface area contributed by atoms with Crippen molar-refractivity contribution in [1.29, 1.82) is 0 Å². The third kappa shape index (κ3) is 8.45. The van der Waals surface area contributed by atoms with Crippen LogP contribution in [-0.2, 0) is 10.8 Å². The first-order valence-corrected chi connectivity index (χ1v) is 36.2. The van der Waals surface area contributed by atoms with Gasteiger partial charge in [-0.05, 0) is 193 Å². The van der Waals surface area contributed by atoms with E-state index in [-0.39, 0.29) is 10.8 Å². The minimum absolute atomic E-state index is 0.0974. The van der Waals surface area contributed by atoms with Crippen LogP contribution in [0.5, 0.6) is 0 Å². The number of para-hydroxylation sites is 4. The molecule has 22 rings (SSSR count). The van der Waals surface area contributed by atoms with Gasteiger partial charge in [0, 0.05) is 88.2 Å². The smallest absolute Gasteiger partial charge is 0.162 e. The zero-order valence-electron chi connectivity index (χ0n) is 57.9. The Bertz CT molecular complexity index is 7110. The molecule has 0 amide bonds. The Morgan fingerprint density at radius 3 is 1.05 bits per heavy atom. The van der Waals surface area contributed by atoms with Crippen LogP contribution in [0.2, 0.25) is 0 Å². The highest BCUT2D eigenvalue weighted by Crippen LogP contribution is 2.52. The van der Waals surface area contributed by atoms with E-state index in [0.717, 1.165) is 77.5 Å². The molecule has 6 nitrogen and oxygen atoms in total. The van der Waals surface area contributed by atoms with Crippen molar-refractivity contribution in [3.63, 3.8) is 0 Å². The molecule has 0 saturated heterocycles. The highest BCUT2D eigenvalue weighted by atomic mass is 15.1. The Morgan fingerprint density at radius 2 is 0.577 bits per heavy atom.